The van der Waals surface area contributed by atoms with Gasteiger partial charge in [0.2, 0.25) is 17.7 Å². The number of nitrogens with zero attached hydrogens (tertiary/aromatic N) is 5. The first-order valence-corrected chi connectivity index (χ1v) is 14.0. The molecule has 0 bridgehead atoms. The number of nitrogens with one attached hydrogen (secondary N) is 2. The summed E-state index contributed by atoms with van der Waals surface area (Å²) in [6.07, 6.45) is 5.89. The van der Waals surface area contributed by atoms with Crippen LogP contribution in [0, 0.1) is 24.7 Å². The molecule has 41 heavy (non-hydrogen) atoms. The van der Waals surface area contributed by atoms with E-state index in [1.165, 1.54) is 0 Å². The Balaban J connectivity index is 1.34. The Kier molecular flexibility index (Phi) is 8.73. The number of carbonyl (C=O) groups is 2. The average Bonchev–Trinajstić information content (AvgIpc) is 3.52. The summed E-state index contributed by atoms with van der Waals surface area (Å²) in [7, 11) is 0. The number of hydrogen-bond donors (Lipinski definition) is 4. The lowest BCUT2D eigenvalue weighted by Crippen LogP contribution is -2.31. The van der Waals surface area contributed by atoms with E-state index in [1.807, 2.05) is 43.3 Å². The molecule has 11 heteroatoms. The number of rotatable bonds is 10. The van der Waals surface area contributed by atoms with Gasteiger partial charge in [-0.3, -0.25) is 9.59 Å². The molecule has 212 valence electrons. The predicted octanol–water partition coefficient (Wildman–Crippen LogP) is 3.74. The fourth-order valence-corrected chi connectivity index (χ4v) is 5.54. The topological polar surface area (TPSA) is 178 Å². The molecule has 2 aromatic carbocycles. The summed E-state index contributed by atoms with van der Waals surface area (Å²) >= 11 is 0. The summed E-state index contributed by atoms with van der Waals surface area (Å²) < 4.78 is 0. The second-order valence-corrected chi connectivity index (χ2v) is 10.8. The Labute approximate surface area is 238 Å². The monoisotopic (exact) mass is 553 g/mol. The largest absolute Gasteiger partial charge is 0.368 e. The third-order valence-corrected chi connectivity index (χ3v) is 7.93. The summed E-state index contributed by atoms with van der Waals surface area (Å²) in [6, 6.07) is 15.2. The van der Waals surface area contributed by atoms with Gasteiger partial charge in [0.05, 0.1) is 5.69 Å². The van der Waals surface area contributed by atoms with Crippen LogP contribution in [0.25, 0.3) is 22.5 Å². The van der Waals surface area contributed by atoms with Crippen LogP contribution in [0.4, 0.5) is 11.6 Å². The molecule has 4 aromatic rings. The zero-order valence-electron chi connectivity index (χ0n) is 23.1. The fraction of sp³-hybridized carbons (Fsp3) is 0.367. The van der Waals surface area contributed by atoms with E-state index >= 15 is 0 Å². The van der Waals surface area contributed by atoms with Crippen molar-refractivity contribution in [2.75, 3.05) is 17.6 Å². The Morgan fingerprint density at radius 2 is 1.85 bits per heavy atom. The highest BCUT2D eigenvalue weighted by atomic mass is 16.2. The normalized spacial score (nSPS) is 17.6. The Hall–Kier alpha value is -4.51. The number of nitrogens with two attached hydrogens (primary N) is 2. The number of amides is 1. The van der Waals surface area contributed by atoms with Gasteiger partial charge < -0.3 is 16.8 Å². The molecule has 2 heterocycles. The highest BCUT2D eigenvalue weighted by molar-refractivity contribution is 5.96. The number of benzene rings is 2. The van der Waals surface area contributed by atoms with Crippen LogP contribution in [0.5, 0.6) is 0 Å². The van der Waals surface area contributed by atoms with E-state index in [0.29, 0.717) is 30.4 Å². The SMILES string of the molecule is Cc1nc(N)ncc1-c1cccc(C[C@H](CC(=O)C2CCC(CN)CC2)C(=O)Nc2ccc(-c3nn[nH]n3)cc2)c1. The van der Waals surface area contributed by atoms with Crippen molar-refractivity contribution in [3.8, 4) is 22.5 Å². The van der Waals surface area contributed by atoms with Crippen LogP contribution in [0.2, 0.25) is 0 Å². The molecule has 1 aliphatic rings. The highest BCUT2D eigenvalue weighted by Crippen LogP contribution is 2.31. The number of nitrogen functional groups attached to an aromatic ring is 1. The molecule has 0 spiro atoms. The number of anilines is 2. The molecular formula is C30H35N9O2. The van der Waals surface area contributed by atoms with Gasteiger partial charge in [0.25, 0.3) is 0 Å². The second-order valence-electron chi connectivity index (χ2n) is 10.8. The van der Waals surface area contributed by atoms with Crippen molar-refractivity contribution in [2.24, 2.45) is 23.5 Å². The summed E-state index contributed by atoms with van der Waals surface area (Å²) in [6.45, 7) is 2.55. The number of tetrazole rings is 1. The fourth-order valence-electron chi connectivity index (χ4n) is 5.54. The van der Waals surface area contributed by atoms with Gasteiger partial charge in [0.15, 0.2) is 0 Å². The number of Topliss-reactive ketones (excluding diaryl/α,β-unsaturated/α-hetero) is 1. The zero-order valence-corrected chi connectivity index (χ0v) is 23.1. The third-order valence-electron chi connectivity index (χ3n) is 7.93. The van der Waals surface area contributed by atoms with E-state index < -0.39 is 5.92 Å². The lowest BCUT2D eigenvalue weighted by atomic mass is 9.77. The van der Waals surface area contributed by atoms with Crippen molar-refractivity contribution in [3.05, 3.63) is 66.0 Å². The minimum atomic E-state index is -0.536. The molecule has 0 unspecified atom stereocenters. The number of ketones is 1. The van der Waals surface area contributed by atoms with Gasteiger partial charge in [-0.2, -0.15) is 5.21 Å². The maximum absolute atomic E-state index is 13.6. The zero-order chi connectivity index (χ0) is 28.8. The molecule has 0 saturated heterocycles. The first-order chi connectivity index (χ1) is 19.9. The van der Waals surface area contributed by atoms with E-state index in [2.05, 4.69) is 35.9 Å². The van der Waals surface area contributed by atoms with E-state index in [1.54, 1.807) is 18.3 Å². The van der Waals surface area contributed by atoms with Crippen molar-refractivity contribution >= 4 is 23.3 Å². The summed E-state index contributed by atoms with van der Waals surface area (Å²) in [5.41, 5.74) is 16.5. The number of H-pyrrole nitrogens is 1. The molecule has 0 aliphatic heterocycles. The van der Waals surface area contributed by atoms with Crippen LogP contribution in [-0.2, 0) is 16.0 Å². The summed E-state index contributed by atoms with van der Waals surface area (Å²) in [5.74, 6) is 0.567. The molecule has 11 nitrogen and oxygen atoms in total. The van der Waals surface area contributed by atoms with E-state index in [-0.39, 0.29) is 30.0 Å². The molecule has 0 radical (unpaired) electrons. The lowest BCUT2D eigenvalue weighted by molar-refractivity contribution is -0.129. The first kappa shape index (κ1) is 28.0. The quantitative estimate of drug-likeness (QED) is 0.228. The number of aryl methyl sites for hydroxylation is 1. The molecule has 2 aromatic heterocycles. The molecule has 1 saturated carbocycles. The van der Waals surface area contributed by atoms with Crippen molar-refractivity contribution < 1.29 is 9.59 Å². The number of hydrogen-bond acceptors (Lipinski definition) is 9. The van der Waals surface area contributed by atoms with Gasteiger partial charge in [-0.25, -0.2) is 9.97 Å². The maximum atomic E-state index is 13.6. The van der Waals surface area contributed by atoms with Gasteiger partial charge in [-0.15, -0.1) is 10.2 Å². The van der Waals surface area contributed by atoms with Crippen molar-refractivity contribution in [1.82, 2.24) is 30.6 Å². The standard InChI is InChI=1S/C30H35N9O2/c1-18-26(17-33-30(32)34-18)23-4-2-3-20(13-23)14-24(15-27(40)21-7-5-19(16-31)6-8-21)29(41)35-25-11-9-22(10-12-25)28-36-38-39-37-28/h2-4,9-13,17,19,21,24H,5-8,14-16,31H2,1H3,(H,35,41)(H2,32,33,34)(H,36,37,38,39)/t19?,21?,24-/m1/s1. The van der Waals surface area contributed by atoms with Gasteiger partial charge in [0, 0.05) is 41.3 Å². The summed E-state index contributed by atoms with van der Waals surface area (Å²) in [5, 5.41) is 17.0. The van der Waals surface area contributed by atoms with Crippen LogP contribution < -0.4 is 16.8 Å². The Morgan fingerprint density at radius 3 is 2.54 bits per heavy atom. The number of carbonyl (C=O) groups excluding carboxylic acids is 2. The molecule has 1 amide bonds. The van der Waals surface area contributed by atoms with Gasteiger partial charge >= 0.3 is 0 Å². The Bertz CT molecular complexity index is 1480. The predicted molar refractivity (Wildman–Crippen MR) is 156 cm³/mol. The Morgan fingerprint density at radius 1 is 1.07 bits per heavy atom. The van der Waals surface area contributed by atoms with E-state index in [4.69, 9.17) is 11.5 Å². The number of aromatic nitrogens is 6. The average molecular weight is 554 g/mol. The highest BCUT2D eigenvalue weighted by Gasteiger charge is 2.30. The van der Waals surface area contributed by atoms with Gasteiger partial charge in [-0.05, 0) is 92.1 Å². The van der Waals surface area contributed by atoms with Crippen LogP contribution in [0.1, 0.15) is 43.4 Å². The molecule has 6 N–H and O–H groups in total. The van der Waals surface area contributed by atoms with Crippen LogP contribution in [0.15, 0.2) is 54.7 Å². The van der Waals surface area contributed by atoms with Crippen LogP contribution >= 0.6 is 0 Å². The van der Waals surface area contributed by atoms with Crippen molar-refractivity contribution in [3.63, 3.8) is 0 Å². The first-order valence-electron chi connectivity index (χ1n) is 14.0. The molecule has 1 fully saturated rings. The minimum Gasteiger partial charge on any atom is -0.368 e. The van der Waals surface area contributed by atoms with Gasteiger partial charge in [0.1, 0.15) is 5.78 Å². The second kappa shape index (κ2) is 12.8. The van der Waals surface area contributed by atoms with Gasteiger partial charge in [-0.1, -0.05) is 24.3 Å². The molecule has 1 atom stereocenters. The maximum Gasteiger partial charge on any atom is 0.228 e. The molecular weight excluding hydrogens is 518 g/mol. The smallest absolute Gasteiger partial charge is 0.228 e. The number of aromatic amines is 1. The van der Waals surface area contributed by atoms with Crippen molar-refractivity contribution in [2.45, 2.75) is 45.4 Å². The summed E-state index contributed by atoms with van der Waals surface area (Å²) in [4.78, 5) is 35.5. The van der Waals surface area contributed by atoms with Crippen LogP contribution in [-0.4, -0.2) is 48.8 Å². The lowest BCUT2D eigenvalue weighted by Gasteiger charge is -2.27. The van der Waals surface area contributed by atoms with E-state index in [9.17, 15) is 9.59 Å². The third kappa shape index (κ3) is 6.98. The minimum absolute atomic E-state index is 0.0248. The van der Waals surface area contributed by atoms with E-state index in [0.717, 1.165) is 53.6 Å². The molecule has 5 rings (SSSR count). The van der Waals surface area contributed by atoms with Crippen molar-refractivity contribution in [1.29, 1.82) is 0 Å². The van der Waals surface area contributed by atoms with Crippen LogP contribution in [0.3, 0.4) is 0 Å². The molecule has 1 aliphatic carbocycles.